The second kappa shape index (κ2) is 5.76. The summed E-state index contributed by atoms with van der Waals surface area (Å²) < 4.78 is 1.45. The first-order valence-corrected chi connectivity index (χ1v) is 6.63. The van der Waals surface area contributed by atoms with Crippen LogP contribution < -0.4 is 5.32 Å². The van der Waals surface area contributed by atoms with Gasteiger partial charge in [0.1, 0.15) is 0 Å². The quantitative estimate of drug-likeness (QED) is 0.727. The van der Waals surface area contributed by atoms with Crippen LogP contribution in [-0.4, -0.2) is 26.1 Å². The molecule has 0 aliphatic rings. The Morgan fingerprint density at radius 1 is 1.05 bits per heavy atom. The molecule has 0 bridgehead atoms. The van der Waals surface area contributed by atoms with Gasteiger partial charge >= 0.3 is 0 Å². The number of para-hydroxylation sites is 2. The van der Waals surface area contributed by atoms with Crippen molar-refractivity contribution in [2.75, 3.05) is 5.32 Å². The second-order valence-corrected chi connectivity index (χ2v) is 4.63. The number of carbonyl (C=O) groups is 1. The molecule has 104 valence electrons. The van der Waals surface area contributed by atoms with Crippen molar-refractivity contribution in [1.82, 2.24) is 20.2 Å². The van der Waals surface area contributed by atoms with E-state index in [2.05, 4.69) is 33.5 Å². The van der Waals surface area contributed by atoms with E-state index in [0.717, 1.165) is 0 Å². The van der Waals surface area contributed by atoms with Gasteiger partial charge < -0.3 is 5.32 Å². The van der Waals surface area contributed by atoms with Gasteiger partial charge in [0, 0.05) is 5.56 Å². The third kappa shape index (κ3) is 2.77. The first-order chi connectivity index (χ1) is 10.3. The lowest BCUT2D eigenvalue weighted by atomic mass is 10.2. The molecule has 6 nitrogen and oxygen atoms in total. The Morgan fingerprint density at radius 3 is 2.48 bits per heavy atom. The molecule has 0 unspecified atom stereocenters. The highest BCUT2D eigenvalue weighted by Gasteiger charge is 2.12. The fourth-order valence-corrected chi connectivity index (χ4v) is 2.07. The molecule has 3 rings (SSSR count). The zero-order valence-corrected chi connectivity index (χ0v) is 11.7. The fraction of sp³-hybridized carbons (Fsp3) is 0. The smallest absolute Gasteiger partial charge is 0.255 e. The summed E-state index contributed by atoms with van der Waals surface area (Å²) in [5.74, 6) is -0.197. The molecular formula is C14H11N5OS. The average Bonchev–Trinajstić information content (AvgIpc) is 2.95. The molecule has 21 heavy (non-hydrogen) atoms. The zero-order chi connectivity index (χ0) is 14.7. The summed E-state index contributed by atoms with van der Waals surface area (Å²) in [5.41, 5.74) is 1.83. The van der Waals surface area contributed by atoms with Gasteiger partial charge in [0.2, 0.25) is 5.16 Å². The molecule has 0 saturated heterocycles. The van der Waals surface area contributed by atoms with Gasteiger partial charge in [-0.05, 0) is 34.7 Å². The van der Waals surface area contributed by atoms with Crippen molar-refractivity contribution in [1.29, 1.82) is 0 Å². The highest BCUT2D eigenvalue weighted by molar-refractivity contribution is 7.80. The molecular weight excluding hydrogens is 286 g/mol. The van der Waals surface area contributed by atoms with Crippen LogP contribution in [0.25, 0.3) is 5.69 Å². The lowest BCUT2D eigenvalue weighted by Crippen LogP contribution is -2.14. The van der Waals surface area contributed by atoms with Crippen molar-refractivity contribution in [3.05, 3.63) is 60.2 Å². The molecule has 0 spiro atoms. The van der Waals surface area contributed by atoms with E-state index >= 15 is 0 Å². The molecule has 1 aromatic heterocycles. The molecule has 0 aliphatic heterocycles. The number of thiol groups is 1. The Labute approximate surface area is 126 Å². The normalized spacial score (nSPS) is 10.3. The Kier molecular flexibility index (Phi) is 3.65. The number of aromatic nitrogens is 4. The monoisotopic (exact) mass is 297 g/mol. The number of nitrogens with zero attached hydrogens (tertiary/aromatic N) is 4. The van der Waals surface area contributed by atoms with Crippen LogP contribution in [0.2, 0.25) is 0 Å². The molecule has 0 atom stereocenters. The lowest BCUT2D eigenvalue weighted by molar-refractivity contribution is 0.102. The summed E-state index contributed by atoms with van der Waals surface area (Å²) in [4.78, 5) is 12.2. The number of benzene rings is 2. The number of tetrazole rings is 1. The molecule has 2 aromatic carbocycles. The summed E-state index contributed by atoms with van der Waals surface area (Å²) in [7, 11) is 0. The largest absolute Gasteiger partial charge is 0.320 e. The highest BCUT2D eigenvalue weighted by Crippen LogP contribution is 2.21. The molecule has 1 N–H and O–H groups in total. The predicted octanol–water partition coefficient (Wildman–Crippen LogP) is 2.20. The van der Waals surface area contributed by atoms with Crippen LogP contribution in [0.4, 0.5) is 5.69 Å². The molecule has 7 heteroatoms. The minimum atomic E-state index is -0.197. The third-order valence-electron chi connectivity index (χ3n) is 2.87. The van der Waals surface area contributed by atoms with E-state index < -0.39 is 0 Å². The van der Waals surface area contributed by atoms with Gasteiger partial charge in [0.15, 0.2) is 0 Å². The standard InChI is InChI=1S/C14H11N5OS/c20-13(10-6-2-1-3-7-10)15-11-8-4-5-9-12(11)19-14(21)16-17-18-19/h1-9H,(H,15,20)(H,16,18,21). The molecule has 1 heterocycles. The van der Waals surface area contributed by atoms with Gasteiger partial charge in [0.05, 0.1) is 11.4 Å². The van der Waals surface area contributed by atoms with E-state index in [-0.39, 0.29) is 5.91 Å². The van der Waals surface area contributed by atoms with Crippen LogP contribution >= 0.6 is 12.6 Å². The maximum absolute atomic E-state index is 12.2. The number of anilines is 1. The second-order valence-electron chi connectivity index (χ2n) is 4.23. The van der Waals surface area contributed by atoms with Crippen LogP contribution in [0.5, 0.6) is 0 Å². The van der Waals surface area contributed by atoms with E-state index in [1.807, 2.05) is 30.3 Å². The van der Waals surface area contributed by atoms with Crippen molar-refractivity contribution in [3.63, 3.8) is 0 Å². The van der Waals surface area contributed by atoms with Gasteiger partial charge in [-0.2, -0.15) is 4.68 Å². The van der Waals surface area contributed by atoms with Crippen molar-refractivity contribution in [2.24, 2.45) is 0 Å². The van der Waals surface area contributed by atoms with Gasteiger partial charge in [0.25, 0.3) is 5.91 Å². The van der Waals surface area contributed by atoms with Gasteiger partial charge in [-0.15, -0.1) is 17.7 Å². The fourth-order valence-electron chi connectivity index (χ4n) is 1.89. The number of amides is 1. The van der Waals surface area contributed by atoms with E-state index in [9.17, 15) is 4.79 Å². The Hall–Kier alpha value is -2.67. The molecule has 0 saturated carbocycles. The van der Waals surface area contributed by atoms with Crippen LogP contribution in [-0.2, 0) is 0 Å². The molecule has 3 aromatic rings. The van der Waals surface area contributed by atoms with Crippen molar-refractivity contribution in [3.8, 4) is 5.69 Å². The molecule has 0 radical (unpaired) electrons. The summed E-state index contributed by atoms with van der Waals surface area (Å²) in [5, 5.41) is 14.3. The van der Waals surface area contributed by atoms with Crippen molar-refractivity contribution >= 4 is 24.2 Å². The SMILES string of the molecule is O=C(Nc1ccccc1-n1nnnc1S)c1ccccc1. The Bertz CT molecular complexity index is 772. The minimum Gasteiger partial charge on any atom is -0.320 e. The van der Waals surface area contributed by atoms with E-state index in [1.54, 1.807) is 24.3 Å². The van der Waals surface area contributed by atoms with Crippen LogP contribution in [0.15, 0.2) is 59.8 Å². The third-order valence-corrected chi connectivity index (χ3v) is 3.15. The number of rotatable bonds is 3. The van der Waals surface area contributed by atoms with E-state index in [4.69, 9.17) is 0 Å². The van der Waals surface area contributed by atoms with Crippen LogP contribution in [0, 0.1) is 0 Å². The summed E-state index contributed by atoms with van der Waals surface area (Å²) in [6.07, 6.45) is 0. The maximum atomic E-state index is 12.2. The number of carbonyl (C=O) groups excluding carboxylic acids is 1. The number of nitrogens with one attached hydrogen (secondary N) is 1. The molecule has 0 aliphatic carbocycles. The zero-order valence-electron chi connectivity index (χ0n) is 10.8. The number of hydrogen-bond acceptors (Lipinski definition) is 5. The van der Waals surface area contributed by atoms with Crippen molar-refractivity contribution < 1.29 is 4.79 Å². The first kappa shape index (κ1) is 13.3. The first-order valence-electron chi connectivity index (χ1n) is 6.19. The molecule has 0 fully saturated rings. The lowest BCUT2D eigenvalue weighted by Gasteiger charge is -2.10. The highest BCUT2D eigenvalue weighted by atomic mass is 32.1. The minimum absolute atomic E-state index is 0.197. The van der Waals surface area contributed by atoms with Gasteiger partial charge in [-0.25, -0.2) is 0 Å². The van der Waals surface area contributed by atoms with Gasteiger partial charge in [-0.1, -0.05) is 30.3 Å². The van der Waals surface area contributed by atoms with E-state index in [1.165, 1.54) is 4.68 Å². The Balaban J connectivity index is 1.94. The number of hydrogen-bond donors (Lipinski definition) is 2. The predicted molar refractivity (Wildman–Crippen MR) is 80.8 cm³/mol. The topological polar surface area (TPSA) is 72.7 Å². The maximum Gasteiger partial charge on any atom is 0.255 e. The van der Waals surface area contributed by atoms with Gasteiger partial charge in [-0.3, -0.25) is 4.79 Å². The Morgan fingerprint density at radius 2 is 1.76 bits per heavy atom. The van der Waals surface area contributed by atoms with Crippen LogP contribution in [0.1, 0.15) is 10.4 Å². The summed E-state index contributed by atoms with van der Waals surface area (Å²) in [6, 6.07) is 16.2. The van der Waals surface area contributed by atoms with E-state index in [0.29, 0.717) is 22.1 Å². The summed E-state index contributed by atoms with van der Waals surface area (Å²) in [6.45, 7) is 0. The average molecular weight is 297 g/mol. The van der Waals surface area contributed by atoms with Crippen molar-refractivity contribution in [2.45, 2.75) is 5.16 Å². The summed E-state index contributed by atoms with van der Waals surface area (Å²) >= 11 is 4.18. The molecule has 1 amide bonds. The van der Waals surface area contributed by atoms with Crippen LogP contribution in [0.3, 0.4) is 0 Å².